The molecule has 1 aromatic rings. The van der Waals surface area contributed by atoms with E-state index in [0.717, 1.165) is 16.8 Å². The second-order valence-electron chi connectivity index (χ2n) is 4.57. The predicted molar refractivity (Wildman–Crippen MR) is 65.7 cm³/mol. The minimum atomic E-state index is -0.247. The van der Waals surface area contributed by atoms with Crippen molar-refractivity contribution in [2.75, 3.05) is 11.9 Å². The zero-order chi connectivity index (χ0) is 12.4. The van der Waals surface area contributed by atoms with Crippen LogP contribution in [0.5, 0.6) is 0 Å². The lowest BCUT2D eigenvalue weighted by Crippen LogP contribution is -2.24. The Labute approximate surface area is 100 Å². The second-order valence-corrected chi connectivity index (χ2v) is 4.57. The molecule has 0 saturated carbocycles. The standard InChI is InChI=1S/C13H16N2O2/c1-8-3-9(2)5-11(4-8)15-13(17)10-6-12(16)14-7-10/h3-5,10H,6-7H2,1-2H3,(H,14,16)(H,15,17). The highest BCUT2D eigenvalue weighted by Crippen LogP contribution is 2.16. The molecule has 4 heteroatoms. The van der Waals surface area contributed by atoms with Gasteiger partial charge in [0.1, 0.15) is 0 Å². The largest absolute Gasteiger partial charge is 0.355 e. The normalized spacial score (nSPS) is 18.9. The number of benzene rings is 1. The predicted octanol–water partition coefficient (Wildman–Crippen LogP) is 1.38. The van der Waals surface area contributed by atoms with Crippen LogP contribution in [0.15, 0.2) is 18.2 Å². The van der Waals surface area contributed by atoms with E-state index in [2.05, 4.69) is 16.7 Å². The summed E-state index contributed by atoms with van der Waals surface area (Å²) >= 11 is 0. The fraction of sp³-hybridized carbons (Fsp3) is 0.385. The SMILES string of the molecule is Cc1cc(C)cc(NC(=O)C2CNC(=O)C2)c1. The zero-order valence-corrected chi connectivity index (χ0v) is 10.0. The van der Waals surface area contributed by atoms with Crippen molar-refractivity contribution in [3.05, 3.63) is 29.3 Å². The summed E-state index contributed by atoms with van der Waals surface area (Å²) in [4.78, 5) is 22.9. The molecule has 2 amide bonds. The molecule has 1 atom stereocenters. The van der Waals surface area contributed by atoms with E-state index >= 15 is 0 Å². The minimum absolute atomic E-state index is 0.0504. The Hall–Kier alpha value is -1.84. The molecule has 17 heavy (non-hydrogen) atoms. The molecule has 1 saturated heterocycles. The summed E-state index contributed by atoms with van der Waals surface area (Å²) in [6.07, 6.45) is 0.288. The van der Waals surface area contributed by atoms with Crippen LogP contribution in [0.4, 0.5) is 5.69 Å². The molecular weight excluding hydrogens is 216 g/mol. The smallest absolute Gasteiger partial charge is 0.229 e. The fourth-order valence-electron chi connectivity index (χ4n) is 2.08. The maximum Gasteiger partial charge on any atom is 0.229 e. The molecule has 2 N–H and O–H groups in total. The van der Waals surface area contributed by atoms with E-state index in [1.807, 2.05) is 26.0 Å². The lowest BCUT2D eigenvalue weighted by atomic mass is 10.1. The molecule has 0 aliphatic carbocycles. The van der Waals surface area contributed by atoms with Crippen molar-refractivity contribution in [1.29, 1.82) is 0 Å². The molecule has 1 heterocycles. The molecule has 4 nitrogen and oxygen atoms in total. The van der Waals surface area contributed by atoms with Gasteiger partial charge in [0.15, 0.2) is 0 Å². The highest BCUT2D eigenvalue weighted by Gasteiger charge is 2.27. The van der Waals surface area contributed by atoms with Crippen LogP contribution in [0.2, 0.25) is 0 Å². The average Bonchev–Trinajstić information content (AvgIpc) is 2.63. The van der Waals surface area contributed by atoms with Gasteiger partial charge < -0.3 is 10.6 Å². The highest BCUT2D eigenvalue weighted by atomic mass is 16.2. The third-order valence-corrected chi connectivity index (χ3v) is 2.84. The van der Waals surface area contributed by atoms with Gasteiger partial charge in [-0.15, -0.1) is 0 Å². The summed E-state index contributed by atoms with van der Waals surface area (Å²) in [7, 11) is 0. The summed E-state index contributed by atoms with van der Waals surface area (Å²) in [5.41, 5.74) is 3.02. The third kappa shape index (κ3) is 2.84. The topological polar surface area (TPSA) is 58.2 Å². The first kappa shape index (κ1) is 11.6. The molecule has 0 radical (unpaired) electrons. The molecule has 1 unspecified atom stereocenters. The molecule has 0 spiro atoms. The number of aryl methyl sites for hydroxylation is 2. The molecule has 90 valence electrons. The van der Waals surface area contributed by atoms with E-state index in [4.69, 9.17) is 0 Å². The van der Waals surface area contributed by atoms with E-state index in [-0.39, 0.29) is 24.2 Å². The van der Waals surface area contributed by atoms with Crippen LogP contribution in [0, 0.1) is 19.8 Å². The minimum Gasteiger partial charge on any atom is -0.355 e. The lowest BCUT2D eigenvalue weighted by Gasteiger charge is -2.10. The second kappa shape index (κ2) is 4.57. The van der Waals surface area contributed by atoms with Crippen molar-refractivity contribution >= 4 is 17.5 Å². The van der Waals surface area contributed by atoms with Crippen molar-refractivity contribution in [2.45, 2.75) is 20.3 Å². The molecule has 2 rings (SSSR count). The molecule has 1 fully saturated rings. The van der Waals surface area contributed by atoms with Crippen LogP contribution in [-0.2, 0) is 9.59 Å². The summed E-state index contributed by atoms with van der Waals surface area (Å²) in [6, 6.07) is 5.90. The highest BCUT2D eigenvalue weighted by molar-refractivity contribution is 5.97. The maximum absolute atomic E-state index is 11.9. The van der Waals surface area contributed by atoms with Crippen molar-refractivity contribution in [2.24, 2.45) is 5.92 Å². The maximum atomic E-state index is 11.9. The van der Waals surface area contributed by atoms with Gasteiger partial charge in [0.05, 0.1) is 5.92 Å². The quantitative estimate of drug-likeness (QED) is 0.809. The lowest BCUT2D eigenvalue weighted by molar-refractivity contribution is -0.123. The van der Waals surface area contributed by atoms with Gasteiger partial charge in [0, 0.05) is 18.7 Å². The van der Waals surface area contributed by atoms with Crippen molar-refractivity contribution in [1.82, 2.24) is 5.32 Å². The van der Waals surface area contributed by atoms with Crippen LogP contribution < -0.4 is 10.6 Å². The van der Waals surface area contributed by atoms with E-state index in [0.29, 0.717) is 6.54 Å². The molecular formula is C13H16N2O2. The first-order valence-corrected chi connectivity index (χ1v) is 5.70. The Morgan fingerprint density at radius 1 is 1.29 bits per heavy atom. The van der Waals surface area contributed by atoms with Crippen molar-refractivity contribution in [3.63, 3.8) is 0 Å². The van der Waals surface area contributed by atoms with Gasteiger partial charge in [-0.2, -0.15) is 0 Å². The molecule has 0 bridgehead atoms. The van der Waals surface area contributed by atoms with Gasteiger partial charge in [-0.25, -0.2) is 0 Å². The first-order chi connectivity index (χ1) is 8.04. The summed E-state index contributed by atoms with van der Waals surface area (Å²) in [6.45, 7) is 4.42. The van der Waals surface area contributed by atoms with Gasteiger partial charge in [-0.05, 0) is 37.1 Å². The number of hydrogen-bond acceptors (Lipinski definition) is 2. The van der Waals surface area contributed by atoms with E-state index < -0.39 is 0 Å². The van der Waals surface area contributed by atoms with Gasteiger partial charge in [0.25, 0.3) is 0 Å². The van der Waals surface area contributed by atoms with Gasteiger partial charge in [0.2, 0.25) is 11.8 Å². The van der Waals surface area contributed by atoms with Crippen molar-refractivity contribution in [3.8, 4) is 0 Å². The number of anilines is 1. The molecule has 1 aliphatic rings. The Morgan fingerprint density at radius 2 is 1.94 bits per heavy atom. The number of carbonyl (C=O) groups is 2. The number of amides is 2. The van der Waals surface area contributed by atoms with Crippen LogP contribution in [0.1, 0.15) is 17.5 Å². The molecule has 1 aromatic carbocycles. The Kier molecular flexibility index (Phi) is 3.13. The first-order valence-electron chi connectivity index (χ1n) is 5.70. The van der Waals surface area contributed by atoms with Crippen molar-refractivity contribution < 1.29 is 9.59 Å². The third-order valence-electron chi connectivity index (χ3n) is 2.84. The Balaban J connectivity index is 2.05. The van der Waals surface area contributed by atoms with E-state index in [1.54, 1.807) is 0 Å². The molecule has 0 aromatic heterocycles. The van der Waals surface area contributed by atoms with Gasteiger partial charge >= 0.3 is 0 Å². The van der Waals surface area contributed by atoms with E-state index in [9.17, 15) is 9.59 Å². The van der Waals surface area contributed by atoms with Crippen LogP contribution in [-0.4, -0.2) is 18.4 Å². The van der Waals surface area contributed by atoms with Gasteiger partial charge in [-0.1, -0.05) is 6.07 Å². The summed E-state index contributed by atoms with van der Waals surface area (Å²) in [5.74, 6) is -0.387. The zero-order valence-electron chi connectivity index (χ0n) is 10.0. The Morgan fingerprint density at radius 3 is 2.47 bits per heavy atom. The van der Waals surface area contributed by atoms with Crippen LogP contribution in [0.25, 0.3) is 0 Å². The number of nitrogens with one attached hydrogen (secondary N) is 2. The number of carbonyl (C=O) groups excluding carboxylic acids is 2. The number of rotatable bonds is 2. The summed E-state index contributed by atoms with van der Waals surface area (Å²) in [5, 5.41) is 5.51. The number of hydrogen-bond donors (Lipinski definition) is 2. The monoisotopic (exact) mass is 232 g/mol. The Bertz CT molecular complexity index is 448. The summed E-state index contributed by atoms with van der Waals surface area (Å²) < 4.78 is 0. The average molecular weight is 232 g/mol. The van der Waals surface area contributed by atoms with Gasteiger partial charge in [-0.3, -0.25) is 9.59 Å². The fourth-order valence-corrected chi connectivity index (χ4v) is 2.08. The van der Waals surface area contributed by atoms with Crippen LogP contribution >= 0.6 is 0 Å². The van der Waals surface area contributed by atoms with Crippen LogP contribution in [0.3, 0.4) is 0 Å². The van der Waals surface area contributed by atoms with E-state index in [1.165, 1.54) is 0 Å². The molecule has 1 aliphatic heterocycles.